The lowest BCUT2D eigenvalue weighted by atomic mass is 10.1. The Kier molecular flexibility index (Phi) is 8.13. The molecule has 1 rings (SSSR count). The third-order valence-corrected chi connectivity index (χ3v) is 2.66. The van der Waals surface area contributed by atoms with E-state index >= 15 is 0 Å². The highest BCUT2D eigenvalue weighted by atomic mass is 19.1. The Labute approximate surface area is 113 Å². The molecule has 0 fully saturated rings. The molecule has 0 unspecified atom stereocenters. The molecule has 0 heterocycles. The highest BCUT2D eigenvalue weighted by Crippen LogP contribution is 2.17. The highest BCUT2D eigenvalue weighted by molar-refractivity contribution is 5.29. The Morgan fingerprint density at radius 3 is 2.58 bits per heavy atom. The molecule has 0 atom stereocenters. The molecule has 0 aliphatic carbocycles. The lowest BCUT2D eigenvalue weighted by Crippen LogP contribution is -2.23. The number of methoxy groups -OCH3 is 2. The summed E-state index contributed by atoms with van der Waals surface area (Å²) in [6.07, 6.45) is 0.693. The van der Waals surface area contributed by atoms with Crippen molar-refractivity contribution in [2.45, 2.75) is 6.42 Å². The quantitative estimate of drug-likeness (QED) is 0.657. The van der Waals surface area contributed by atoms with Gasteiger partial charge in [0.25, 0.3) is 0 Å². The minimum atomic E-state index is -0.332. The minimum Gasteiger partial charge on any atom is -0.494 e. The molecule has 1 aromatic carbocycles. The van der Waals surface area contributed by atoms with Gasteiger partial charge in [-0.05, 0) is 24.1 Å². The molecule has 5 heteroatoms. The van der Waals surface area contributed by atoms with E-state index in [1.165, 1.54) is 13.2 Å². The second kappa shape index (κ2) is 9.72. The smallest absolute Gasteiger partial charge is 0.165 e. The summed E-state index contributed by atoms with van der Waals surface area (Å²) in [5.41, 5.74) is 0.908. The topological polar surface area (TPSA) is 39.7 Å². The summed E-state index contributed by atoms with van der Waals surface area (Å²) in [6, 6.07) is 4.97. The summed E-state index contributed by atoms with van der Waals surface area (Å²) in [5.74, 6) is -0.0618. The molecule has 108 valence electrons. The Morgan fingerprint density at radius 1 is 1.11 bits per heavy atom. The van der Waals surface area contributed by atoms with Gasteiger partial charge in [0.2, 0.25) is 0 Å². The first-order chi connectivity index (χ1) is 9.27. The van der Waals surface area contributed by atoms with Gasteiger partial charge in [-0.2, -0.15) is 0 Å². The molecule has 0 saturated carbocycles. The van der Waals surface area contributed by atoms with E-state index in [9.17, 15) is 4.39 Å². The summed E-state index contributed by atoms with van der Waals surface area (Å²) in [6.45, 7) is 3.54. The molecule has 0 bridgehead atoms. The largest absolute Gasteiger partial charge is 0.494 e. The van der Waals surface area contributed by atoms with Crippen molar-refractivity contribution in [2.24, 2.45) is 0 Å². The van der Waals surface area contributed by atoms with Gasteiger partial charge >= 0.3 is 0 Å². The maximum atomic E-state index is 13.4. The Bertz CT molecular complexity index is 361. The van der Waals surface area contributed by atoms with Crippen molar-refractivity contribution >= 4 is 0 Å². The van der Waals surface area contributed by atoms with Crippen molar-refractivity contribution in [3.8, 4) is 5.75 Å². The molecule has 0 aromatic heterocycles. The molecule has 1 N–H and O–H groups in total. The Balaban J connectivity index is 2.11. The SMILES string of the molecule is COCCNCCOCCc1ccc(OC)c(F)c1. The van der Waals surface area contributed by atoms with Crippen LogP contribution in [-0.2, 0) is 15.9 Å². The van der Waals surface area contributed by atoms with Gasteiger partial charge in [-0.15, -0.1) is 0 Å². The molecule has 0 saturated heterocycles. The van der Waals surface area contributed by atoms with Gasteiger partial charge in [0, 0.05) is 20.2 Å². The van der Waals surface area contributed by atoms with Crippen molar-refractivity contribution in [1.82, 2.24) is 5.32 Å². The van der Waals surface area contributed by atoms with E-state index in [0.29, 0.717) is 26.2 Å². The van der Waals surface area contributed by atoms with E-state index in [1.54, 1.807) is 13.2 Å². The van der Waals surface area contributed by atoms with Gasteiger partial charge in [-0.3, -0.25) is 0 Å². The van der Waals surface area contributed by atoms with E-state index in [-0.39, 0.29) is 11.6 Å². The second-order valence-electron chi connectivity index (χ2n) is 4.07. The summed E-state index contributed by atoms with van der Waals surface area (Å²) in [7, 11) is 3.13. The Hall–Kier alpha value is -1.17. The van der Waals surface area contributed by atoms with Gasteiger partial charge in [-0.1, -0.05) is 6.07 Å². The number of rotatable bonds is 10. The minimum absolute atomic E-state index is 0.270. The zero-order valence-corrected chi connectivity index (χ0v) is 11.6. The van der Waals surface area contributed by atoms with Crippen LogP contribution in [0.1, 0.15) is 5.56 Å². The fraction of sp³-hybridized carbons (Fsp3) is 0.571. The Morgan fingerprint density at radius 2 is 1.89 bits per heavy atom. The molecular weight excluding hydrogens is 249 g/mol. The van der Waals surface area contributed by atoms with Crippen LogP contribution in [0.15, 0.2) is 18.2 Å². The number of hydrogen-bond acceptors (Lipinski definition) is 4. The average molecular weight is 271 g/mol. The first-order valence-electron chi connectivity index (χ1n) is 6.37. The lowest BCUT2D eigenvalue weighted by molar-refractivity contribution is 0.135. The van der Waals surface area contributed by atoms with Gasteiger partial charge in [0.1, 0.15) is 0 Å². The van der Waals surface area contributed by atoms with Crippen LogP contribution in [0.5, 0.6) is 5.75 Å². The molecule has 0 aliphatic heterocycles. The summed E-state index contributed by atoms with van der Waals surface area (Å²) in [4.78, 5) is 0. The predicted octanol–water partition coefficient (Wildman–Crippen LogP) is 1.63. The van der Waals surface area contributed by atoms with Gasteiger partial charge < -0.3 is 19.5 Å². The molecule has 19 heavy (non-hydrogen) atoms. The molecule has 0 radical (unpaired) electrons. The molecule has 4 nitrogen and oxygen atoms in total. The maximum Gasteiger partial charge on any atom is 0.165 e. The van der Waals surface area contributed by atoms with Crippen LogP contribution in [0.4, 0.5) is 4.39 Å². The average Bonchev–Trinajstić information content (AvgIpc) is 2.42. The van der Waals surface area contributed by atoms with Crippen LogP contribution in [0, 0.1) is 5.82 Å². The number of ether oxygens (including phenoxy) is 3. The van der Waals surface area contributed by atoms with E-state index in [4.69, 9.17) is 14.2 Å². The first kappa shape index (κ1) is 15.9. The molecule has 1 aromatic rings. The molecule has 0 aliphatic rings. The van der Waals surface area contributed by atoms with E-state index in [0.717, 1.165) is 18.7 Å². The van der Waals surface area contributed by atoms with Crippen LogP contribution in [0.2, 0.25) is 0 Å². The van der Waals surface area contributed by atoms with Gasteiger partial charge in [0.15, 0.2) is 11.6 Å². The van der Waals surface area contributed by atoms with Crippen molar-refractivity contribution in [3.63, 3.8) is 0 Å². The van der Waals surface area contributed by atoms with Crippen molar-refractivity contribution < 1.29 is 18.6 Å². The molecule has 0 spiro atoms. The van der Waals surface area contributed by atoms with Gasteiger partial charge in [-0.25, -0.2) is 4.39 Å². The number of halogens is 1. The number of benzene rings is 1. The van der Waals surface area contributed by atoms with Gasteiger partial charge in [0.05, 0.1) is 26.9 Å². The zero-order valence-electron chi connectivity index (χ0n) is 11.6. The van der Waals surface area contributed by atoms with Crippen molar-refractivity contribution in [3.05, 3.63) is 29.6 Å². The summed E-state index contributed by atoms with van der Waals surface area (Å²) in [5, 5.41) is 3.18. The van der Waals surface area contributed by atoms with E-state index < -0.39 is 0 Å². The maximum absolute atomic E-state index is 13.4. The van der Waals surface area contributed by atoms with Crippen LogP contribution < -0.4 is 10.1 Å². The van der Waals surface area contributed by atoms with Crippen LogP contribution in [0.25, 0.3) is 0 Å². The van der Waals surface area contributed by atoms with Crippen LogP contribution >= 0.6 is 0 Å². The van der Waals surface area contributed by atoms with Crippen molar-refractivity contribution in [1.29, 1.82) is 0 Å². The predicted molar refractivity (Wildman–Crippen MR) is 72.2 cm³/mol. The third-order valence-electron chi connectivity index (χ3n) is 2.66. The molecular formula is C14H22FNO3. The van der Waals surface area contributed by atoms with E-state index in [1.807, 2.05) is 6.07 Å². The van der Waals surface area contributed by atoms with Crippen LogP contribution in [-0.4, -0.2) is 47.1 Å². The monoisotopic (exact) mass is 271 g/mol. The standard InChI is InChI=1S/C14H22FNO3/c1-17-9-6-16-7-10-19-8-5-12-3-4-14(18-2)13(15)11-12/h3-4,11,16H,5-10H2,1-2H3. The number of nitrogens with one attached hydrogen (secondary N) is 1. The highest BCUT2D eigenvalue weighted by Gasteiger charge is 2.03. The number of hydrogen-bond donors (Lipinski definition) is 1. The van der Waals surface area contributed by atoms with Crippen molar-refractivity contribution in [2.75, 3.05) is 47.1 Å². The summed E-state index contributed by atoms with van der Waals surface area (Å²) >= 11 is 0. The van der Waals surface area contributed by atoms with Crippen LogP contribution in [0.3, 0.4) is 0 Å². The zero-order chi connectivity index (χ0) is 13.9. The lowest BCUT2D eigenvalue weighted by Gasteiger charge is -2.07. The molecule has 0 amide bonds. The first-order valence-corrected chi connectivity index (χ1v) is 6.37. The van der Waals surface area contributed by atoms with E-state index in [2.05, 4.69) is 5.32 Å². The third kappa shape index (κ3) is 6.52. The normalized spacial score (nSPS) is 10.7. The fourth-order valence-electron chi connectivity index (χ4n) is 1.60. The summed E-state index contributed by atoms with van der Waals surface area (Å²) < 4.78 is 28.6. The second-order valence-corrected chi connectivity index (χ2v) is 4.07. The fourth-order valence-corrected chi connectivity index (χ4v) is 1.60.